The first-order valence-electron chi connectivity index (χ1n) is 7.32. The normalized spacial score (nSPS) is 25.5. The number of nitrogens with zero attached hydrogens (tertiary/aromatic N) is 1. The Morgan fingerprint density at radius 3 is 2.37 bits per heavy atom. The van der Waals surface area contributed by atoms with Crippen LogP contribution in [0.1, 0.15) is 45.2 Å². The molecule has 0 unspecified atom stereocenters. The highest BCUT2D eigenvalue weighted by Gasteiger charge is 2.25. The first-order chi connectivity index (χ1) is 8.86. The summed E-state index contributed by atoms with van der Waals surface area (Å²) in [4.78, 5) is 2.23. The molecule has 0 N–H and O–H groups in total. The largest absolute Gasteiger partial charge is 0.296 e. The molecule has 1 aliphatic rings. The van der Waals surface area contributed by atoms with Crippen molar-refractivity contribution in [1.82, 2.24) is 4.90 Å². The summed E-state index contributed by atoms with van der Waals surface area (Å²) in [6.07, 6.45) is 0.309. The van der Waals surface area contributed by atoms with Gasteiger partial charge in [0.05, 0.1) is 0 Å². The summed E-state index contributed by atoms with van der Waals surface area (Å²) in [5.41, 5.74) is 2.84. The van der Waals surface area contributed by atoms with Gasteiger partial charge in [-0.25, -0.2) is 4.39 Å². The molecule has 19 heavy (non-hydrogen) atoms. The van der Waals surface area contributed by atoms with E-state index in [-0.39, 0.29) is 11.3 Å². The summed E-state index contributed by atoms with van der Waals surface area (Å²) in [5.74, 6) is 0.222. The van der Waals surface area contributed by atoms with E-state index in [4.69, 9.17) is 0 Å². The number of benzene rings is 1. The number of piperidine rings is 1. The molecule has 106 valence electrons. The minimum atomic E-state index is -0.664. The van der Waals surface area contributed by atoms with E-state index < -0.39 is 6.17 Å². The monoisotopic (exact) mass is 263 g/mol. The van der Waals surface area contributed by atoms with Gasteiger partial charge in [-0.2, -0.15) is 0 Å². The zero-order chi connectivity index (χ0) is 14.0. The predicted molar refractivity (Wildman–Crippen MR) is 79.1 cm³/mol. The smallest absolute Gasteiger partial charge is 0.115 e. The lowest BCUT2D eigenvalue weighted by Crippen LogP contribution is -2.40. The Bertz CT molecular complexity index is 404. The molecule has 1 saturated heterocycles. The maximum Gasteiger partial charge on any atom is 0.115 e. The van der Waals surface area contributed by atoms with E-state index in [1.807, 2.05) is 6.92 Å². The third-order valence-electron chi connectivity index (χ3n) is 4.18. The maximum atomic E-state index is 13.7. The summed E-state index contributed by atoms with van der Waals surface area (Å²) in [6.45, 7) is 11.2. The molecular formula is C17H26FN. The quantitative estimate of drug-likeness (QED) is 0.774. The van der Waals surface area contributed by atoms with E-state index >= 15 is 0 Å². The number of rotatable bonds is 2. The Labute approximate surface area is 116 Å². The molecule has 0 amide bonds. The molecule has 0 spiro atoms. The van der Waals surface area contributed by atoms with Crippen molar-refractivity contribution in [1.29, 1.82) is 0 Å². The number of alkyl halides is 1. The number of likely N-dealkylation sites (tertiary alicyclic amines) is 1. The van der Waals surface area contributed by atoms with Crippen molar-refractivity contribution in [2.75, 3.05) is 13.1 Å². The van der Waals surface area contributed by atoms with Gasteiger partial charge in [0, 0.05) is 13.1 Å². The molecule has 0 radical (unpaired) electrons. The van der Waals surface area contributed by atoms with E-state index in [0.717, 1.165) is 19.5 Å². The summed E-state index contributed by atoms with van der Waals surface area (Å²) < 4.78 is 13.7. The highest BCUT2D eigenvalue weighted by Crippen LogP contribution is 2.24. The third kappa shape index (κ3) is 3.79. The molecule has 1 aromatic carbocycles. The second-order valence-electron chi connectivity index (χ2n) is 6.96. The van der Waals surface area contributed by atoms with Crippen molar-refractivity contribution < 1.29 is 4.39 Å². The van der Waals surface area contributed by atoms with Crippen LogP contribution < -0.4 is 0 Å². The van der Waals surface area contributed by atoms with Crippen molar-refractivity contribution in [3.8, 4) is 0 Å². The Kier molecular flexibility index (Phi) is 4.29. The van der Waals surface area contributed by atoms with Crippen LogP contribution >= 0.6 is 0 Å². The van der Waals surface area contributed by atoms with Gasteiger partial charge in [0.25, 0.3) is 0 Å². The van der Waals surface area contributed by atoms with Crippen LogP contribution in [0.5, 0.6) is 0 Å². The number of halogens is 1. The summed E-state index contributed by atoms with van der Waals surface area (Å²) in [6, 6.07) is 8.78. The summed E-state index contributed by atoms with van der Waals surface area (Å²) in [5, 5.41) is 0. The lowest BCUT2D eigenvalue weighted by atomic mass is 9.86. The van der Waals surface area contributed by atoms with Gasteiger partial charge in [-0.05, 0) is 35.4 Å². The SMILES string of the molecule is C[C@@H]1CCN(Cc2ccc(C(C)(C)C)cc2)C[C@H]1F. The lowest BCUT2D eigenvalue weighted by Gasteiger charge is -2.33. The third-order valence-corrected chi connectivity index (χ3v) is 4.18. The molecule has 0 aromatic heterocycles. The van der Waals surface area contributed by atoms with E-state index in [0.29, 0.717) is 6.54 Å². The molecular weight excluding hydrogens is 237 g/mol. The Morgan fingerprint density at radius 2 is 1.84 bits per heavy atom. The zero-order valence-electron chi connectivity index (χ0n) is 12.6. The van der Waals surface area contributed by atoms with Crippen LogP contribution in [0.15, 0.2) is 24.3 Å². The molecule has 1 heterocycles. The first kappa shape index (κ1) is 14.5. The lowest BCUT2D eigenvalue weighted by molar-refractivity contribution is 0.0886. The van der Waals surface area contributed by atoms with Crippen LogP contribution in [-0.4, -0.2) is 24.2 Å². The van der Waals surface area contributed by atoms with Crippen molar-refractivity contribution in [3.63, 3.8) is 0 Å². The van der Waals surface area contributed by atoms with E-state index in [1.54, 1.807) is 0 Å². The highest BCUT2D eigenvalue weighted by molar-refractivity contribution is 5.27. The van der Waals surface area contributed by atoms with Crippen LogP contribution in [0, 0.1) is 5.92 Å². The zero-order valence-corrected chi connectivity index (χ0v) is 12.6. The Balaban J connectivity index is 1.97. The molecule has 0 bridgehead atoms. The van der Waals surface area contributed by atoms with Crippen LogP contribution in [0.4, 0.5) is 4.39 Å². The number of hydrogen-bond acceptors (Lipinski definition) is 1. The van der Waals surface area contributed by atoms with Gasteiger partial charge in [0.15, 0.2) is 0 Å². The molecule has 2 rings (SSSR count). The van der Waals surface area contributed by atoms with Crippen molar-refractivity contribution in [2.45, 2.75) is 52.2 Å². The standard InChI is InChI=1S/C17H26FN/c1-13-9-10-19(12-16(13)18)11-14-5-7-15(8-6-14)17(2,3)4/h5-8,13,16H,9-12H2,1-4H3/t13-,16-/m1/s1. The topological polar surface area (TPSA) is 3.24 Å². The average molecular weight is 263 g/mol. The molecule has 0 aliphatic carbocycles. The van der Waals surface area contributed by atoms with E-state index in [2.05, 4.69) is 49.9 Å². The van der Waals surface area contributed by atoms with Gasteiger partial charge in [0.1, 0.15) is 6.17 Å². The molecule has 1 fully saturated rings. The fourth-order valence-electron chi connectivity index (χ4n) is 2.60. The average Bonchev–Trinajstić information content (AvgIpc) is 2.33. The molecule has 1 aromatic rings. The second kappa shape index (κ2) is 5.62. The second-order valence-corrected chi connectivity index (χ2v) is 6.96. The van der Waals surface area contributed by atoms with Crippen LogP contribution in [0.3, 0.4) is 0 Å². The first-order valence-corrected chi connectivity index (χ1v) is 7.32. The summed E-state index contributed by atoms with van der Waals surface area (Å²) >= 11 is 0. The van der Waals surface area contributed by atoms with Crippen LogP contribution in [-0.2, 0) is 12.0 Å². The van der Waals surface area contributed by atoms with Gasteiger partial charge in [-0.1, -0.05) is 52.0 Å². The fourth-order valence-corrected chi connectivity index (χ4v) is 2.60. The van der Waals surface area contributed by atoms with Crippen LogP contribution in [0.2, 0.25) is 0 Å². The van der Waals surface area contributed by atoms with Crippen molar-refractivity contribution in [3.05, 3.63) is 35.4 Å². The van der Waals surface area contributed by atoms with Crippen molar-refractivity contribution >= 4 is 0 Å². The minimum absolute atomic E-state index is 0.198. The van der Waals surface area contributed by atoms with Gasteiger partial charge in [0.2, 0.25) is 0 Å². The van der Waals surface area contributed by atoms with Crippen molar-refractivity contribution in [2.24, 2.45) is 5.92 Å². The predicted octanol–water partition coefficient (Wildman–Crippen LogP) is 4.16. The Hall–Kier alpha value is -0.890. The number of hydrogen-bond donors (Lipinski definition) is 0. The van der Waals surface area contributed by atoms with E-state index in [1.165, 1.54) is 11.1 Å². The maximum absolute atomic E-state index is 13.7. The van der Waals surface area contributed by atoms with Gasteiger partial charge >= 0.3 is 0 Å². The molecule has 2 heteroatoms. The van der Waals surface area contributed by atoms with Crippen LogP contribution in [0.25, 0.3) is 0 Å². The fraction of sp³-hybridized carbons (Fsp3) is 0.647. The van der Waals surface area contributed by atoms with E-state index in [9.17, 15) is 4.39 Å². The molecule has 2 atom stereocenters. The van der Waals surface area contributed by atoms with Gasteiger partial charge in [-0.3, -0.25) is 4.90 Å². The van der Waals surface area contributed by atoms with Gasteiger partial charge in [-0.15, -0.1) is 0 Å². The summed E-state index contributed by atoms with van der Waals surface area (Å²) in [7, 11) is 0. The molecule has 0 saturated carbocycles. The highest BCUT2D eigenvalue weighted by atomic mass is 19.1. The van der Waals surface area contributed by atoms with Gasteiger partial charge < -0.3 is 0 Å². The Morgan fingerprint density at radius 1 is 1.21 bits per heavy atom. The molecule has 1 nitrogen and oxygen atoms in total. The molecule has 1 aliphatic heterocycles. The minimum Gasteiger partial charge on any atom is -0.296 e.